The average Bonchev–Trinajstić information content (AvgIpc) is 2.56. The van der Waals surface area contributed by atoms with Gasteiger partial charge in [-0.1, -0.05) is 31.5 Å². The zero-order valence-corrected chi connectivity index (χ0v) is 13.9. The number of ether oxygens (including phenoxy) is 1. The monoisotopic (exact) mass is 324 g/mol. The average molecular weight is 324 g/mol. The maximum Gasteiger partial charge on any atom is 0.343 e. The van der Waals surface area contributed by atoms with Gasteiger partial charge in [0.2, 0.25) is 5.91 Å². The van der Waals surface area contributed by atoms with Crippen LogP contribution in [-0.4, -0.2) is 18.1 Å². The van der Waals surface area contributed by atoms with Gasteiger partial charge in [-0.25, -0.2) is 10.2 Å². The summed E-state index contributed by atoms with van der Waals surface area (Å²) in [5.74, 6) is -0.213. The molecule has 0 radical (unpaired) electrons. The van der Waals surface area contributed by atoms with Crippen molar-refractivity contribution < 1.29 is 14.3 Å². The smallest absolute Gasteiger partial charge is 0.343 e. The number of hydrogen-bond donors (Lipinski definition) is 1. The predicted octanol–water partition coefficient (Wildman–Crippen LogP) is 3.32. The zero-order valence-electron chi connectivity index (χ0n) is 13.9. The highest BCUT2D eigenvalue weighted by Gasteiger charge is 2.08. The van der Waals surface area contributed by atoms with Crippen molar-refractivity contribution in [3.63, 3.8) is 0 Å². The number of carbonyl (C=O) groups is 2. The molecule has 1 N–H and O–H groups in total. The fraction of sp³-hybridized carbons (Fsp3) is 0.211. The van der Waals surface area contributed by atoms with Gasteiger partial charge < -0.3 is 4.74 Å². The number of aryl methyl sites for hydroxylation is 1. The molecule has 0 saturated carbocycles. The molecule has 0 unspecified atom stereocenters. The minimum Gasteiger partial charge on any atom is -0.423 e. The number of nitrogens with one attached hydrogen (secondary N) is 1. The maximum absolute atomic E-state index is 12.1. The molecule has 1 amide bonds. The second-order valence-electron chi connectivity index (χ2n) is 5.72. The van der Waals surface area contributed by atoms with Crippen molar-refractivity contribution in [3.05, 3.63) is 65.2 Å². The minimum absolute atomic E-state index is 0.120. The van der Waals surface area contributed by atoms with E-state index in [2.05, 4.69) is 10.5 Å². The molecule has 0 fully saturated rings. The van der Waals surface area contributed by atoms with E-state index < -0.39 is 5.97 Å². The van der Waals surface area contributed by atoms with Crippen molar-refractivity contribution in [1.29, 1.82) is 0 Å². The molecule has 0 aliphatic heterocycles. The molecule has 0 saturated heterocycles. The first-order valence-corrected chi connectivity index (χ1v) is 7.67. The second kappa shape index (κ2) is 8.06. The lowest BCUT2D eigenvalue weighted by Crippen LogP contribution is -2.22. The number of hydrogen-bond acceptors (Lipinski definition) is 4. The van der Waals surface area contributed by atoms with Gasteiger partial charge in [0.1, 0.15) is 5.75 Å². The summed E-state index contributed by atoms with van der Waals surface area (Å²) in [6.07, 6.45) is 1.53. The summed E-state index contributed by atoms with van der Waals surface area (Å²) in [7, 11) is 0. The number of rotatable bonds is 5. The van der Waals surface area contributed by atoms with Gasteiger partial charge in [-0.15, -0.1) is 0 Å². The van der Waals surface area contributed by atoms with Gasteiger partial charge in [0.15, 0.2) is 0 Å². The second-order valence-corrected chi connectivity index (χ2v) is 5.72. The molecule has 0 atom stereocenters. The lowest BCUT2D eigenvalue weighted by Gasteiger charge is -2.05. The van der Waals surface area contributed by atoms with Crippen molar-refractivity contribution >= 4 is 18.1 Å². The molecule has 2 aromatic rings. The van der Waals surface area contributed by atoms with Crippen LogP contribution in [0, 0.1) is 12.8 Å². The van der Waals surface area contributed by atoms with Crippen LogP contribution in [0.5, 0.6) is 5.75 Å². The highest BCUT2D eigenvalue weighted by atomic mass is 16.5. The Balaban J connectivity index is 1.96. The zero-order chi connectivity index (χ0) is 17.5. The van der Waals surface area contributed by atoms with Crippen LogP contribution in [0.15, 0.2) is 53.6 Å². The molecule has 24 heavy (non-hydrogen) atoms. The Labute approximate surface area is 141 Å². The van der Waals surface area contributed by atoms with Crippen LogP contribution in [-0.2, 0) is 4.79 Å². The van der Waals surface area contributed by atoms with Crippen LogP contribution in [0.4, 0.5) is 0 Å². The van der Waals surface area contributed by atoms with E-state index >= 15 is 0 Å². The first-order chi connectivity index (χ1) is 11.5. The van der Waals surface area contributed by atoms with Crippen molar-refractivity contribution in [2.24, 2.45) is 11.0 Å². The summed E-state index contributed by atoms with van der Waals surface area (Å²) in [6.45, 7) is 5.51. The molecule has 5 heteroatoms. The van der Waals surface area contributed by atoms with Gasteiger partial charge in [-0.2, -0.15) is 5.10 Å². The number of amides is 1. The summed E-state index contributed by atoms with van der Waals surface area (Å²) < 4.78 is 5.33. The molecule has 0 aliphatic rings. The summed E-state index contributed by atoms with van der Waals surface area (Å²) in [5.41, 5.74) is 4.75. The lowest BCUT2D eigenvalue weighted by molar-refractivity contribution is -0.123. The minimum atomic E-state index is -0.399. The summed E-state index contributed by atoms with van der Waals surface area (Å²) in [4.78, 5) is 23.5. The standard InChI is InChI=1S/C19H20N2O3/c1-13(2)18(22)21-20-12-15-7-9-17(10-8-15)24-19(23)16-6-4-5-14(3)11-16/h4-13H,1-3H3,(H,21,22)/b20-12-. The van der Waals surface area contributed by atoms with Crippen LogP contribution in [0.1, 0.15) is 35.3 Å². The Morgan fingerprint density at radius 1 is 1.12 bits per heavy atom. The van der Waals surface area contributed by atoms with Gasteiger partial charge in [0.25, 0.3) is 0 Å². The number of benzene rings is 2. The van der Waals surface area contributed by atoms with Gasteiger partial charge in [-0.3, -0.25) is 4.79 Å². The number of hydrazone groups is 1. The Hall–Kier alpha value is -2.95. The normalized spacial score (nSPS) is 10.8. The Bertz CT molecular complexity index is 749. The van der Waals surface area contributed by atoms with E-state index in [0.29, 0.717) is 11.3 Å². The van der Waals surface area contributed by atoms with E-state index in [4.69, 9.17) is 4.74 Å². The predicted molar refractivity (Wildman–Crippen MR) is 93.2 cm³/mol. The van der Waals surface area contributed by atoms with E-state index in [1.807, 2.05) is 19.1 Å². The Morgan fingerprint density at radius 2 is 1.83 bits per heavy atom. The van der Waals surface area contributed by atoms with Gasteiger partial charge in [-0.05, 0) is 48.9 Å². The van der Waals surface area contributed by atoms with Crippen LogP contribution < -0.4 is 10.2 Å². The largest absolute Gasteiger partial charge is 0.423 e. The molecule has 124 valence electrons. The summed E-state index contributed by atoms with van der Waals surface area (Å²) in [5, 5.41) is 3.88. The Kier molecular flexibility index (Phi) is 5.84. The summed E-state index contributed by atoms with van der Waals surface area (Å²) in [6, 6.07) is 14.1. The number of carbonyl (C=O) groups excluding carboxylic acids is 2. The fourth-order valence-electron chi connectivity index (χ4n) is 1.86. The molecule has 2 aromatic carbocycles. The molecule has 0 bridgehead atoms. The molecule has 2 rings (SSSR count). The third-order valence-corrected chi connectivity index (χ3v) is 3.26. The van der Waals surface area contributed by atoms with Gasteiger partial charge >= 0.3 is 5.97 Å². The van der Waals surface area contributed by atoms with Gasteiger partial charge in [0.05, 0.1) is 11.8 Å². The first kappa shape index (κ1) is 17.4. The SMILES string of the molecule is Cc1cccc(C(=O)Oc2ccc(/C=N\NC(=O)C(C)C)cc2)c1. The van der Waals surface area contributed by atoms with Crippen molar-refractivity contribution in [2.75, 3.05) is 0 Å². The fourth-order valence-corrected chi connectivity index (χ4v) is 1.86. The molecule has 0 aliphatic carbocycles. The van der Waals surface area contributed by atoms with E-state index in [-0.39, 0.29) is 11.8 Å². The molecular weight excluding hydrogens is 304 g/mol. The van der Waals surface area contributed by atoms with E-state index in [0.717, 1.165) is 11.1 Å². The molecule has 0 aromatic heterocycles. The number of esters is 1. The third kappa shape index (κ3) is 5.05. The molecule has 0 spiro atoms. The van der Waals surface area contributed by atoms with E-state index in [1.54, 1.807) is 50.2 Å². The summed E-state index contributed by atoms with van der Waals surface area (Å²) >= 11 is 0. The lowest BCUT2D eigenvalue weighted by atomic mass is 10.1. The van der Waals surface area contributed by atoms with Crippen LogP contribution in [0.3, 0.4) is 0 Å². The highest BCUT2D eigenvalue weighted by molar-refractivity contribution is 5.91. The Morgan fingerprint density at radius 3 is 2.46 bits per heavy atom. The van der Waals surface area contributed by atoms with Crippen LogP contribution >= 0.6 is 0 Å². The van der Waals surface area contributed by atoms with Gasteiger partial charge in [0, 0.05) is 5.92 Å². The maximum atomic E-state index is 12.1. The first-order valence-electron chi connectivity index (χ1n) is 7.67. The van der Waals surface area contributed by atoms with E-state index in [1.165, 1.54) is 6.21 Å². The number of nitrogens with zero attached hydrogens (tertiary/aromatic N) is 1. The van der Waals surface area contributed by atoms with Crippen molar-refractivity contribution in [1.82, 2.24) is 5.43 Å². The van der Waals surface area contributed by atoms with Crippen LogP contribution in [0.25, 0.3) is 0 Å². The molecular formula is C19H20N2O3. The third-order valence-electron chi connectivity index (χ3n) is 3.26. The van der Waals surface area contributed by atoms with Crippen molar-refractivity contribution in [3.8, 4) is 5.75 Å². The van der Waals surface area contributed by atoms with Crippen molar-refractivity contribution in [2.45, 2.75) is 20.8 Å². The molecule has 0 heterocycles. The highest BCUT2D eigenvalue weighted by Crippen LogP contribution is 2.14. The van der Waals surface area contributed by atoms with E-state index in [9.17, 15) is 9.59 Å². The quantitative estimate of drug-likeness (QED) is 0.397. The molecule has 5 nitrogen and oxygen atoms in total. The topological polar surface area (TPSA) is 67.8 Å². The van der Waals surface area contributed by atoms with Crippen LogP contribution in [0.2, 0.25) is 0 Å².